The van der Waals surface area contributed by atoms with Gasteiger partial charge in [0, 0.05) is 0 Å². The zero-order valence-electron chi connectivity index (χ0n) is 22.0. The Hall–Kier alpha value is -2.18. The SMILES string of the molecule is CCCC(C)(c1ccccc1)[c-]1cc(CCc2c3ccccc3c3cccc[c-]23)c2ccccc21.[Cl][Zr+2][Cl]. The fourth-order valence-electron chi connectivity index (χ4n) is 6.37. The molecule has 0 saturated heterocycles. The van der Waals surface area contributed by atoms with Crippen molar-refractivity contribution in [3.05, 3.63) is 131 Å². The van der Waals surface area contributed by atoms with Gasteiger partial charge in [0.25, 0.3) is 0 Å². The van der Waals surface area contributed by atoms with Crippen molar-refractivity contribution in [2.24, 2.45) is 0 Å². The Labute approximate surface area is 245 Å². The first-order valence-electron chi connectivity index (χ1n) is 13.4. The summed E-state index contributed by atoms with van der Waals surface area (Å²) in [6, 6.07) is 40.5. The van der Waals surface area contributed by atoms with Crippen LogP contribution in [0.2, 0.25) is 0 Å². The number of hydrogen-bond donors (Lipinski definition) is 0. The van der Waals surface area contributed by atoms with E-state index in [9.17, 15) is 0 Å². The molecule has 0 saturated carbocycles. The zero-order valence-corrected chi connectivity index (χ0v) is 25.9. The van der Waals surface area contributed by atoms with Crippen molar-refractivity contribution in [3.63, 3.8) is 0 Å². The monoisotopic (exact) mass is 612 g/mol. The Balaban J connectivity index is 0.000000937. The Bertz CT molecular complexity index is 1590. The quantitative estimate of drug-likeness (QED) is 0.157. The van der Waals surface area contributed by atoms with E-state index < -0.39 is 20.8 Å². The Morgan fingerprint density at radius 3 is 2.05 bits per heavy atom. The van der Waals surface area contributed by atoms with Crippen LogP contribution in [0.5, 0.6) is 0 Å². The molecule has 6 rings (SSSR count). The summed E-state index contributed by atoms with van der Waals surface area (Å²) < 4.78 is 0. The number of fused-ring (bicyclic) bond motifs is 4. The van der Waals surface area contributed by atoms with E-state index in [1.807, 2.05) is 0 Å². The summed E-state index contributed by atoms with van der Waals surface area (Å²) in [6.45, 7) is 4.74. The summed E-state index contributed by atoms with van der Waals surface area (Å²) in [6.07, 6.45) is 4.40. The predicted octanol–water partition coefficient (Wildman–Crippen LogP) is 10.9. The minimum atomic E-state index is -0.826. The van der Waals surface area contributed by atoms with Crippen molar-refractivity contribution in [2.45, 2.75) is 44.9 Å². The van der Waals surface area contributed by atoms with Gasteiger partial charge in [-0.2, -0.15) is 5.56 Å². The molecule has 0 aliphatic heterocycles. The van der Waals surface area contributed by atoms with Gasteiger partial charge in [0.1, 0.15) is 0 Å². The first kappa shape index (κ1) is 27.4. The Morgan fingerprint density at radius 1 is 0.711 bits per heavy atom. The van der Waals surface area contributed by atoms with E-state index in [0.29, 0.717) is 0 Å². The van der Waals surface area contributed by atoms with Crippen LogP contribution in [-0.4, -0.2) is 0 Å². The molecule has 6 aromatic rings. The standard InChI is InChI=1S/C35H32.2ClH.Zr/c1-3-23-35(2,26-13-5-4-6-14-26)34-24-25(27-15-7-12-20-33(27)34)21-22-32-30-18-10-8-16-28(30)29-17-9-11-19-31(29)32;;;/h4-20,24H,3,21-23H2,1-2H3;2*1H;/q-2;;;+4/p-2. The molecule has 1 unspecified atom stereocenters. The normalized spacial score (nSPS) is 12.7. The number of hydrogen-bond acceptors (Lipinski definition) is 0. The maximum absolute atomic E-state index is 4.93. The van der Waals surface area contributed by atoms with Crippen molar-refractivity contribution in [1.82, 2.24) is 0 Å². The summed E-state index contributed by atoms with van der Waals surface area (Å²) >= 11 is -0.826. The summed E-state index contributed by atoms with van der Waals surface area (Å²) in [4.78, 5) is 0. The number of halogens is 2. The van der Waals surface area contributed by atoms with E-state index in [1.54, 1.807) is 0 Å². The molecule has 0 bridgehead atoms. The molecule has 6 aromatic carbocycles. The van der Waals surface area contributed by atoms with Crippen molar-refractivity contribution in [3.8, 4) is 0 Å². The van der Waals surface area contributed by atoms with Gasteiger partial charge in [-0.3, -0.25) is 0 Å². The van der Waals surface area contributed by atoms with Crippen molar-refractivity contribution in [1.29, 1.82) is 0 Å². The Morgan fingerprint density at radius 2 is 1.32 bits per heavy atom. The number of rotatable bonds is 7. The van der Waals surface area contributed by atoms with Crippen LogP contribution in [0.15, 0.2) is 109 Å². The molecule has 0 nitrogen and oxygen atoms in total. The van der Waals surface area contributed by atoms with E-state index in [1.165, 1.54) is 54.6 Å². The van der Waals surface area contributed by atoms with Crippen LogP contribution in [0.3, 0.4) is 0 Å². The van der Waals surface area contributed by atoms with E-state index in [4.69, 9.17) is 17.0 Å². The molecular weight excluding hydrogens is 583 g/mol. The second kappa shape index (κ2) is 12.3. The average molecular weight is 615 g/mol. The molecular formula is C35H32Cl2Zr. The molecule has 38 heavy (non-hydrogen) atoms. The van der Waals surface area contributed by atoms with Gasteiger partial charge in [-0.05, 0) is 23.8 Å². The summed E-state index contributed by atoms with van der Waals surface area (Å²) in [7, 11) is 9.87. The van der Waals surface area contributed by atoms with Crippen LogP contribution in [0.4, 0.5) is 0 Å². The van der Waals surface area contributed by atoms with E-state index in [2.05, 4.69) is 123 Å². The first-order valence-corrected chi connectivity index (χ1v) is 19.7. The summed E-state index contributed by atoms with van der Waals surface area (Å²) in [5, 5.41) is 8.41. The zero-order chi connectivity index (χ0) is 26.5. The molecule has 0 spiro atoms. The second-order valence-electron chi connectivity index (χ2n) is 10.2. The van der Waals surface area contributed by atoms with E-state index >= 15 is 0 Å². The molecule has 0 heterocycles. The molecule has 0 aliphatic carbocycles. The molecule has 0 aliphatic rings. The van der Waals surface area contributed by atoms with Gasteiger partial charge in [0.15, 0.2) is 0 Å². The van der Waals surface area contributed by atoms with Gasteiger partial charge >= 0.3 is 37.9 Å². The third-order valence-electron chi connectivity index (χ3n) is 8.08. The summed E-state index contributed by atoms with van der Waals surface area (Å²) in [5.41, 5.74) is 5.87. The topological polar surface area (TPSA) is 0 Å². The molecule has 0 amide bonds. The van der Waals surface area contributed by atoms with Crippen LogP contribution < -0.4 is 0 Å². The molecule has 0 aromatic heterocycles. The molecule has 0 radical (unpaired) electrons. The van der Waals surface area contributed by atoms with Gasteiger partial charge in [-0.25, -0.2) is 0 Å². The summed E-state index contributed by atoms with van der Waals surface area (Å²) in [5.74, 6) is 0. The third-order valence-corrected chi connectivity index (χ3v) is 8.08. The van der Waals surface area contributed by atoms with Gasteiger partial charge in [-0.15, -0.1) is 86.6 Å². The molecule has 3 heteroatoms. The molecule has 190 valence electrons. The van der Waals surface area contributed by atoms with Crippen molar-refractivity contribution in [2.75, 3.05) is 0 Å². The molecule has 1 atom stereocenters. The number of benzene rings is 4. The van der Waals surface area contributed by atoms with E-state index in [0.717, 1.165) is 25.7 Å². The fourth-order valence-corrected chi connectivity index (χ4v) is 6.37. The first-order chi connectivity index (χ1) is 18.6. The van der Waals surface area contributed by atoms with Crippen LogP contribution in [0, 0.1) is 0 Å². The van der Waals surface area contributed by atoms with Gasteiger partial charge in [-0.1, -0.05) is 92.7 Å². The second-order valence-corrected chi connectivity index (χ2v) is 13.9. The van der Waals surface area contributed by atoms with Crippen molar-refractivity contribution < 1.29 is 20.8 Å². The molecule has 0 N–H and O–H groups in total. The van der Waals surface area contributed by atoms with Crippen molar-refractivity contribution >= 4 is 49.3 Å². The van der Waals surface area contributed by atoms with Gasteiger partial charge in [0.2, 0.25) is 0 Å². The van der Waals surface area contributed by atoms with Crippen LogP contribution >= 0.6 is 17.0 Å². The van der Waals surface area contributed by atoms with Crippen LogP contribution in [0.25, 0.3) is 32.3 Å². The average Bonchev–Trinajstić information content (AvgIpc) is 3.49. The minimum absolute atomic E-state index is 0.00750. The fraction of sp³-hybridized carbons (Fsp3) is 0.200. The van der Waals surface area contributed by atoms with Gasteiger partial charge in [0.05, 0.1) is 0 Å². The predicted molar refractivity (Wildman–Crippen MR) is 164 cm³/mol. The number of aryl methyl sites for hydroxylation is 2. The molecule has 0 fully saturated rings. The van der Waals surface area contributed by atoms with Crippen LogP contribution in [0.1, 0.15) is 48.9 Å². The van der Waals surface area contributed by atoms with Crippen LogP contribution in [-0.2, 0) is 39.1 Å². The third kappa shape index (κ3) is 5.19. The van der Waals surface area contributed by atoms with E-state index in [-0.39, 0.29) is 5.41 Å². The maximum atomic E-state index is 4.93. The Kier molecular flexibility index (Phi) is 8.89. The van der Waals surface area contributed by atoms with Gasteiger partial charge < -0.3 is 0 Å².